The lowest BCUT2D eigenvalue weighted by Crippen LogP contribution is -2.36. The Bertz CT molecular complexity index is 2260. The summed E-state index contributed by atoms with van der Waals surface area (Å²) in [6.07, 6.45) is 17.9. The normalized spacial score (nSPS) is 19.2. The molecule has 6 heterocycles. The Labute approximate surface area is 351 Å². The molecule has 0 spiro atoms. The van der Waals surface area contributed by atoms with Crippen LogP contribution in [0.2, 0.25) is 0 Å². The van der Waals surface area contributed by atoms with Gasteiger partial charge in [0, 0.05) is 71.9 Å². The minimum absolute atomic E-state index is 0.197. The number of aromatic nitrogens is 6. The van der Waals surface area contributed by atoms with Crippen molar-refractivity contribution >= 4 is 45.3 Å². The molecule has 12 heteroatoms. The smallest absolute Gasteiger partial charge is 0.172 e. The largest absolute Gasteiger partial charge is 0.378 e. The number of nitrogens with one attached hydrogen (secondary N) is 2. The minimum Gasteiger partial charge on any atom is -0.378 e. The number of carbonyl (C=O) groups excluding carboxylic acids is 2. The topological polar surface area (TPSA) is 142 Å². The lowest BCUT2D eigenvalue weighted by Gasteiger charge is -2.31. The maximum absolute atomic E-state index is 13.4. The Balaban J connectivity index is 0.000000154. The summed E-state index contributed by atoms with van der Waals surface area (Å²) in [5, 5.41) is 0. The van der Waals surface area contributed by atoms with Gasteiger partial charge in [0.25, 0.3) is 0 Å². The average molecular weight is 809 g/mol. The van der Waals surface area contributed by atoms with E-state index in [9.17, 15) is 9.59 Å². The molecule has 0 radical (unpaired) electrons. The summed E-state index contributed by atoms with van der Waals surface area (Å²) < 4.78 is 10.9. The van der Waals surface area contributed by atoms with Gasteiger partial charge in [-0.3, -0.25) is 9.59 Å². The molecule has 4 fully saturated rings. The second kappa shape index (κ2) is 17.3. The van der Waals surface area contributed by atoms with Gasteiger partial charge in [-0.1, -0.05) is 76.6 Å². The van der Waals surface area contributed by atoms with Gasteiger partial charge < -0.3 is 29.2 Å². The zero-order valence-corrected chi connectivity index (χ0v) is 35.0. The number of aromatic amines is 2. The van der Waals surface area contributed by atoms with Crippen molar-refractivity contribution in [2.24, 2.45) is 10.8 Å². The van der Waals surface area contributed by atoms with E-state index in [4.69, 9.17) is 19.4 Å². The highest BCUT2D eigenvalue weighted by Gasteiger charge is 2.38. The Kier molecular flexibility index (Phi) is 11.5. The van der Waals surface area contributed by atoms with E-state index < -0.39 is 0 Å². The van der Waals surface area contributed by atoms with Gasteiger partial charge in [0.2, 0.25) is 0 Å². The van der Waals surface area contributed by atoms with Gasteiger partial charge in [0.1, 0.15) is 11.0 Å². The SMILES string of the molecule is CC1(C(=O)c2c[nH]c3ncc(-c4ccc(N5CCOCC5)cc4)nc23)CCCCC1.CC1(C(=O)c2c[nH]c3ncc(-c4ccc(N5CCOCC5)cc4)nc23)CCCCC1. The van der Waals surface area contributed by atoms with Crippen LogP contribution in [0.4, 0.5) is 11.4 Å². The predicted octanol–water partition coefficient (Wildman–Crippen LogP) is 9.23. The highest BCUT2D eigenvalue weighted by Crippen LogP contribution is 2.41. The van der Waals surface area contributed by atoms with Crippen molar-refractivity contribution in [3.8, 4) is 22.5 Å². The van der Waals surface area contributed by atoms with E-state index in [0.717, 1.165) is 126 Å². The lowest BCUT2D eigenvalue weighted by atomic mass is 9.71. The molecule has 312 valence electrons. The number of H-pyrrole nitrogens is 2. The van der Waals surface area contributed by atoms with E-state index in [1.807, 2.05) is 0 Å². The van der Waals surface area contributed by atoms with Crippen molar-refractivity contribution in [2.75, 3.05) is 62.4 Å². The number of hydrogen-bond donors (Lipinski definition) is 2. The van der Waals surface area contributed by atoms with Gasteiger partial charge >= 0.3 is 0 Å². The van der Waals surface area contributed by atoms with Gasteiger partial charge in [-0.05, 0) is 49.9 Å². The summed E-state index contributed by atoms with van der Waals surface area (Å²) in [5.74, 6) is 0.394. The number of fused-ring (bicyclic) bond motifs is 2. The quantitative estimate of drug-likeness (QED) is 0.143. The van der Waals surface area contributed by atoms with E-state index in [2.05, 4.69) is 92.1 Å². The van der Waals surface area contributed by atoms with Crippen molar-refractivity contribution in [1.29, 1.82) is 0 Å². The molecule has 60 heavy (non-hydrogen) atoms. The van der Waals surface area contributed by atoms with Crippen LogP contribution < -0.4 is 9.80 Å². The van der Waals surface area contributed by atoms with Gasteiger partial charge in [0.05, 0.1) is 61.3 Å². The number of morpholine rings is 2. The van der Waals surface area contributed by atoms with Crippen LogP contribution in [0.25, 0.3) is 44.8 Å². The Morgan fingerprint density at radius 2 is 0.917 bits per heavy atom. The molecule has 2 saturated heterocycles. The molecule has 10 rings (SSSR count). The molecule has 2 saturated carbocycles. The van der Waals surface area contributed by atoms with Crippen molar-refractivity contribution in [3.05, 3.63) is 84.4 Å². The molecule has 2 aliphatic heterocycles. The Morgan fingerprint density at radius 1 is 0.550 bits per heavy atom. The molecule has 12 nitrogen and oxygen atoms in total. The van der Waals surface area contributed by atoms with Gasteiger partial charge in [-0.25, -0.2) is 19.9 Å². The third kappa shape index (κ3) is 8.19. The van der Waals surface area contributed by atoms with Crippen molar-refractivity contribution in [1.82, 2.24) is 29.9 Å². The first kappa shape index (κ1) is 40.0. The first-order valence-electron chi connectivity index (χ1n) is 21.9. The number of nitrogens with zero attached hydrogens (tertiary/aromatic N) is 6. The number of Topliss-reactive ketones (excluding diaryl/α,β-unsaturated/α-hetero) is 2. The molecule has 2 aromatic carbocycles. The van der Waals surface area contributed by atoms with E-state index in [-0.39, 0.29) is 22.4 Å². The third-order valence-corrected chi connectivity index (χ3v) is 13.3. The van der Waals surface area contributed by atoms with Crippen LogP contribution in [0.1, 0.15) is 98.8 Å². The van der Waals surface area contributed by atoms with Crippen LogP contribution in [0.3, 0.4) is 0 Å². The maximum atomic E-state index is 13.4. The number of rotatable bonds is 8. The number of hydrogen-bond acceptors (Lipinski definition) is 10. The molecule has 0 unspecified atom stereocenters. The van der Waals surface area contributed by atoms with Gasteiger partial charge in [-0.15, -0.1) is 0 Å². The van der Waals surface area contributed by atoms with Crippen molar-refractivity contribution in [2.45, 2.75) is 78.1 Å². The van der Waals surface area contributed by atoms with Gasteiger partial charge in [0.15, 0.2) is 22.9 Å². The predicted molar refractivity (Wildman–Crippen MR) is 236 cm³/mol. The number of ether oxygens (including phenoxy) is 2. The molecule has 2 aliphatic carbocycles. The molecular formula is C48H56N8O4. The zero-order chi connectivity index (χ0) is 41.1. The van der Waals surface area contributed by atoms with Crippen LogP contribution in [-0.4, -0.2) is 94.1 Å². The van der Waals surface area contributed by atoms with Crippen molar-refractivity contribution in [3.63, 3.8) is 0 Å². The summed E-state index contributed by atoms with van der Waals surface area (Å²) in [7, 11) is 0. The molecule has 0 amide bonds. The molecule has 4 aromatic heterocycles. The zero-order valence-electron chi connectivity index (χ0n) is 35.0. The second-order valence-corrected chi connectivity index (χ2v) is 17.5. The van der Waals surface area contributed by atoms with Crippen LogP contribution in [-0.2, 0) is 9.47 Å². The fourth-order valence-corrected chi connectivity index (χ4v) is 9.50. The summed E-state index contributed by atoms with van der Waals surface area (Å²) in [4.78, 5) is 56.4. The molecule has 0 bridgehead atoms. The fraction of sp³-hybridized carbons (Fsp3) is 0.458. The van der Waals surface area contributed by atoms with Crippen molar-refractivity contribution < 1.29 is 19.1 Å². The molecule has 4 aliphatic rings. The molecule has 6 aromatic rings. The standard InChI is InChI=1S/2C24H28N4O2/c2*1-24(9-3-2-4-10-24)22(29)19-15-25-23-21(19)27-20(16-26-23)17-5-7-18(8-6-17)28-11-13-30-14-12-28/h2*5-8,15-16H,2-4,9-14H2,1H3,(H,25,26). The summed E-state index contributed by atoms with van der Waals surface area (Å²) in [6, 6.07) is 16.8. The van der Waals surface area contributed by atoms with Crippen LogP contribution >= 0.6 is 0 Å². The van der Waals surface area contributed by atoms with E-state index in [1.165, 1.54) is 24.2 Å². The lowest BCUT2D eigenvalue weighted by molar-refractivity contribution is 0.0745. The molecule has 2 N–H and O–H groups in total. The number of anilines is 2. The summed E-state index contributed by atoms with van der Waals surface area (Å²) in [5.41, 5.74) is 9.46. The second-order valence-electron chi connectivity index (χ2n) is 17.5. The minimum atomic E-state index is -0.287. The van der Waals surface area contributed by atoms with Crippen LogP contribution in [0.15, 0.2) is 73.3 Å². The fourth-order valence-electron chi connectivity index (χ4n) is 9.50. The Hall–Kier alpha value is -5.46. The van der Waals surface area contributed by atoms with E-state index >= 15 is 0 Å². The van der Waals surface area contributed by atoms with E-state index in [1.54, 1.807) is 24.8 Å². The summed E-state index contributed by atoms with van der Waals surface area (Å²) in [6.45, 7) is 11.0. The highest BCUT2D eigenvalue weighted by molar-refractivity contribution is 6.09. The number of ketones is 2. The monoisotopic (exact) mass is 808 g/mol. The third-order valence-electron chi connectivity index (χ3n) is 13.3. The molecule has 0 atom stereocenters. The first-order chi connectivity index (χ1) is 29.3. The van der Waals surface area contributed by atoms with Crippen LogP contribution in [0, 0.1) is 10.8 Å². The first-order valence-corrected chi connectivity index (χ1v) is 21.9. The molecular weight excluding hydrogens is 753 g/mol. The number of benzene rings is 2. The van der Waals surface area contributed by atoms with Gasteiger partial charge in [-0.2, -0.15) is 0 Å². The maximum Gasteiger partial charge on any atom is 0.172 e. The van der Waals surface area contributed by atoms with Crippen LogP contribution in [0.5, 0.6) is 0 Å². The van der Waals surface area contributed by atoms with E-state index in [0.29, 0.717) is 33.5 Å². The number of carbonyl (C=O) groups is 2. The average Bonchev–Trinajstić information content (AvgIpc) is 3.94. The highest BCUT2D eigenvalue weighted by atomic mass is 16.5. The summed E-state index contributed by atoms with van der Waals surface area (Å²) >= 11 is 0. The Morgan fingerprint density at radius 3 is 1.28 bits per heavy atom.